The number of nitrogens with one attached hydrogen (secondary N) is 1. The first-order chi connectivity index (χ1) is 9.24. The fourth-order valence-corrected chi connectivity index (χ4v) is 2.74. The number of carbonyl (C=O) groups is 1. The number of thioether (sulfide) groups is 1. The predicted octanol–water partition coefficient (Wildman–Crippen LogP) is 2.35. The Morgan fingerprint density at radius 1 is 1.42 bits per heavy atom. The van der Waals surface area contributed by atoms with E-state index in [0.717, 1.165) is 25.0 Å². The second kappa shape index (κ2) is 7.50. The third kappa shape index (κ3) is 5.20. The molecule has 0 bridgehead atoms. The molecule has 2 rings (SSSR count). The zero-order chi connectivity index (χ0) is 13.5. The molecule has 1 N–H and O–H groups in total. The highest BCUT2D eigenvalue weighted by molar-refractivity contribution is 7.99. The average Bonchev–Trinajstić information content (AvgIpc) is 2.92. The Bertz CT molecular complexity index is 404. The highest BCUT2D eigenvalue weighted by Gasteiger charge is 2.15. The fourth-order valence-electron chi connectivity index (χ4n) is 1.93. The second-order valence-corrected chi connectivity index (χ2v) is 5.54. The van der Waals surface area contributed by atoms with E-state index in [1.807, 2.05) is 0 Å². The van der Waals surface area contributed by atoms with Crippen molar-refractivity contribution < 1.29 is 13.9 Å². The predicted molar refractivity (Wildman–Crippen MR) is 74.5 cm³/mol. The summed E-state index contributed by atoms with van der Waals surface area (Å²) < 4.78 is 18.1. The van der Waals surface area contributed by atoms with E-state index in [2.05, 4.69) is 5.32 Å². The molecule has 0 aromatic heterocycles. The van der Waals surface area contributed by atoms with Gasteiger partial charge in [-0.2, -0.15) is 0 Å². The van der Waals surface area contributed by atoms with Gasteiger partial charge in [-0.15, -0.1) is 11.8 Å². The van der Waals surface area contributed by atoms with Gasteiger partial charge in [0.2, 0.25) is 5.91 Å². The van der Waals surface area contributed by atoms with Gasteiger partial charge in [0.25, 0.3) is 0 Å². The van der Waals surface area contributed by atoms with E-state index in [1.54, 1.807) is 12.1 Å². The first-order valence-electron chi connectivity index (χ1n) is 6.44. The molecule has 1 atom stereocenters. The van der Waals surface area contributed by atoms with Crippen molar-refractivity contribution in [1.29, 1.82) is 0 Å². The van der Waals surface area contributed by atoms with Crippen LogP contribution in [0.2, 0.25) is 0 Å². The van der Waals surface area contributed by atoms with Crippen LogP contribution in [0.3, 0.4) is 0 Å². The summed E-state index contributed by atoms with van der Waals surface area (Å²) in [5.74, 6) is 0.934. The topological polar surface area (TPSA) is 38.3 Å². The minimum Gasteiger partial charge on any atom is -0.376 e. The third-order valence-corrected chi connectivity index (χ3v) is 3.97. The van der Waals surface area contributed by atoms with Crippen molar-refractivity contribution in [2.24, 2.45) is 0 Å². The zero-order valence-corrected chi connectivity index (χ0v) is 11.5. The Morgan fingerprint density at radius 3 is 2.89 bits per heavy atom. The number of rotatable bonds is 6. The molecule has 1 aliphatic heterocycles. The summed E-state index contributed by atoms with van der Waals surface area (Å²) in [6.45, 7) is 1.41. The lowest BCUT2D eigenvalue weighted by Gasteiger charge is -2.10. The van der Waals surface area contributed by atoms with Gasteiger partial charge in [-0.25, -0.2) is 4.39 Å². The van der Waals surface area contributed by atoms with E-state index >= 15 is 0 Å². The zero-order valence-electron chi connectivity index (χ0n) is 10.7. The minimum absolute atomic E-state index is 0.0302. The third-order valence-electron chi connectivity index (χ3n) is 2.97. The molecule has 3 nitrogen and oxygen atoms in total. The van der Waals surface area contributed by atoms with Crippen molar-refractivity contribution in [3.8, 4) is 0 Å². The second-order valence-electron chi connectivity index (χ2n) is 4.56. The fraction of sp³-hybridized carbons (Fsp3) is 0.500. The molecule has 1 aliphatic rings. The van der Waals surface area contributed by atoms with Gasteiger partial charge in [0.05, 0.1) is 11.9 Å². The molecule has 1 amide bonds. The molecule has 0 aliphatic carbocycles. The molecule has 1 saturated heterocycles. The van der Waals surface area contributed by atoms with Crippen LogP contribution in [0.5, 0.6) is 0 Å². The molecule has 1 heterocycles. The summed E-state index contributed by atoms with van der Waals surface area (Å²) in [5.41, 5.74) is 1.03. The van der Waals surface area contributed by atoms with Crippen LogP contribution in [0.25, 0.3) is 0 Å². The molecule has 0 spiro atoms. The number of ether oxygens (including phenoxy) is 1. The summed E-state index contributed by atoms with van der Waals surface area (Å²) >= 11 is 1.53. The summed E-state index contributed by atoms with van der Waals surface area (Å²) in [5, 5.41) is 2.88. The summed E-state index contributed by atoms with van der Waals surface area (Å²) in [7, 11) is 0. The molecule has 19 heavy (non-hydrogen) atoms. The van der Waals surface area contributed by atoms with E-state index in [-0.39, 0.29) is 17.8 Å². The van der Waals surface area contributed by atoms with Crippen LogP contribution in [0.1, 0.15) is 18.4 Å². The molecular formula is C14H18FNO2S. The lowest BCUT2D eigenvalue weighted by atomic mass is 10.2. The maximum atomic E-state index is 12.7. The lowest BCUT2D eigenvalue weighted by Crippen LogP contribution is -2.32. The van der Waals surface area contributed by atoms with Gasteiger partial charge in [0.15, 0.2) is 0 Å². The molecule has 1 unspecified atom stereocenters. The Kier molecular flexibility index (Phi) is 5.66. The summed E-state index contributed by atoms with van der Waals surface area (Å²) in [6, 6.07) is 6.36. The van der Waals surface area contributed by atoms with Crippen molar-refractivity contribution in [3.63, 3.8) is 0 Å². The lowest BCUT2D eigenvalue weighted by molar-refractivity contribution is -0.119. The average molecular weight is 283 g/mol. The normalized spacial score (nSPS) is 18.5. The van der Waals surface area contributed by atoms with Crippen LogP contribution in [0, 0.1) is 5.82 Å². The number of amides is 1. The van der Waals surface area contributed by atoms with Crippen LogP contribution in [0.15, 0.2) is 24.3 Å². The standard InChI is InChI=1S/C14H18FNO2S/c15-12-5-3-11(4-6-12)9-19-10-14(17)16-8-13-2-1-7-18-13/h3-6,13H,1-2,7-10H2,(H,16,17). The molecule has 0 radical (unpaired) electrons. The van der Waals surface area contributed by atoms with Gasteiger partial charge in [-0.05, 0) is 30.5 Å². The largest absolute Gasteiger partial charge is 0.376 e. The van der Waals surface area contributed by atoms with Crippen LogP contribution in [-0.4, -0.2) is 30.9 Å². The number of carbonyl (C=O) groups excluding carboxylic acids is 1. The summed E-state index contributed by atoms with van der Waals surface area (Å²) in [6.07, 6.45) is 2.30. The summed E-state index contributed by atoms with van der Waals surface area (Å²) in [4.78, 5) is 11.6. The van der Waals surface area contributed by atoms with Crippen molar-refractivity contribution in [3.05, 3.63) is 35.6 Å². The van der Waals surface area contributed by atoms with E-state index in [0.29, 0.717) is 18.1 Å². The first kappa shape index (κ1) is 14.3. The Balaban J connectivity index is 1.59. The maximum Gasteiger partial charge on any atom is 0.230 e. The molecule has 1 aromatic carbocycles. The highest BCUT2D eigenvalue weighted by Crippen LogP contribution is 2.13. The maximum absolute atomic E-state index is 12.7. The van der Waals surface area contributed by atoms with E-state index in [1.165, 1.54) is 23.9 Å². The van der Waals surface area contributed by atoms with Crippen LogP contribution in [-0.2, 0) is 15.3 Å². The highest BCUT2D eigenvalue weighted by atomic mass is 32.2. The number of hydrogen-bond donors (Lipinski definition) is 1. The molecule has 104 valence electrons. The molecule has 1 aromatic rings. The van der Waals surface area contributed by atoms with E-state index in [4.69, 9.17) is 4.74 Å². The Hall–Kier alpha value is -1.07. The van der Waals surface area contributed by atoms with Gasteiger partial charge in [-0.1, -0.05) is 12.1 Å². The van der Waals surface area contributed by atoms with Crippen molar-refractivity contribution in [2.45, 2.75) is 24.7 Å². The van der Waals surface area contributed by atoms with Gasteiger partial charge in [0, 0.05) is 18.9 Å². The Morgan fingerprint density at radius 2 is 2.21 bits per heavy atom. The van der Waals surface area contributed by atoms with Crippen LogP contribution in [0.4, 0.5) is 4.39 Å². The minimum atomic E-state index is -0.233. The number of benzene rings is 1. The van der Waals surface area contributed by atoms with E-state index in [9.17, 15) is 9.18 Å². The smallest absolute Gasteiger partial charge is 0.230 e. The monoisotopic (exact) mass is 283 g/mol. The molecule has 1 fully saturated rings. The van der Waals surface area contributed by atoms with Gasteiger partial charge >= 0.3 is 0 Å². The first-order valence-corrected chi connectivity index (χ1v) is 7.60. The van der Waals surface area contributed by atoms with Gasteiger partial charge < -0.3 is 10.1 Å². The van der Waals surface area contributed by atoms with Crippen molar-refractivity contribution >= 4 is 17.7 Å². The van der Waals surface area contributed by atoms with Gasteiger partial charge in [-0.3, -0.25) is 4.79 Å². The van der Waals surface area contributed by atoms with E-state index < -0.39 is 0 Å². The molecule has 0 saturated carbocycles. The van der Waals surface area contributed by atoms with Gasteiger partial charge in [0.1, 0.15) is 5.82 Å². The van der Waals surface area contributed by atoms with Crippen LogP contribution < -0.4 is 5.32 Å². The Labute approximate surface area is 116 Å². The molecular weight excluding hydrogens is 265 g/mol. The van der Waals surface area contributed by atoms with Crippen LogP contribution >= 0.6 is 11.8 Å². The molecule has 5 heteroatoms. The van der Waals surface area contributed by atoms with Crippen molar-refractivity contribution in [1.82, 2.24) is 5.32 Å². The number of hydrogen-bond acceptors (Lipinski definition) is 3. The van der Waals surface area contributed by atoms with Crippen molar-refractivity contribution in [2.75, 3.05) is 18.9 Å². The SMILES string of the molecule is O=C(CSCc1ccc(F)cc1)NCC1CCCO1. The quantitative estimate of drug-likeness (QED) is 0.871. The number of halogens is 1.